The van der Waals surface area contributed by atoms with Crippen LogP contribution in [-0.4, -0.2) is 31.1 Å². The minimum Gasteiger partial charge on any atom is -0.382 e. The van der Waals surface area contributed by atoms with E-state index in [-0.39, 0.29) is 0 Å². The molecule has 15 heavy (non-hydrogen) atoms. The van der Waals surface area contributed by atoms with Crippen molar-refractivity contribution >= 4 is 5.69 Å². The van der Waals surface area contributed by atoms with E-state index in [4.69, 9.17) is 0 Å². The molecular formula is C13H20N2. The highest BCUT2D eigenvalue weighted by atomic mass is 15.1. The molecule has 0 unspecified atom stereocenters. The Kier molecular flexibility index (Phi) is 3.27. The molecule has 0 aliphatic carbocycles. The SMILES string of the molecule is C[C@@H]1CN(C)CC[C@@H]1Nc1ccccc1. The lowest BCUT2D eigenvalue weighted by atomic mass is 9.94. The maximum absolute atomic E-state index is 3.62. The van der Waals surface area contributed by atoms with Crippen molar-refractivity contribution in [2.45, 2.75) is 19.4 Å². The van der Waals surface area contributed by atoms with Crippen LogP contribution in [0.4, 0.5) is 5.69 Å². The average molecular weight is 204 g/mol. The molecule has 1 aliphatic rings. The predicted octanol–water partition coefficient (Wildman–Crippen LogP) is 2.44. The first-order valence-corrected chi connectivity index (χ1v) is 5.76. The zero-order valence-electron chi connectivity index (χ0n) is 9.61. The monoisotopic (exact) mass is 204 g/mol. The first kappa shape index (κ1) is 10.5. The molecule has 2 rings (SSSR count). The Bertz CT molecular complexity index is 297. The third kappa shape index (κ3) is 2.72. The molecule has 0 amide bonds. The molecule has 0 bridgehead atoms. The molecule has 1 heterocycles. The number of para-hydroxylation sites is 1. The molecule has 2 nitrogen and oxygen atoms in total. The molecule has 2 heteroatoms. The van der Waals surface area contributed by atoms with Gasteiger partial charge in [-0.3, -0.25) is 0 Å². The Morgan fingerprint density at radius 3 is 2.67 bits per heavy atom. The van der Waals surface area contributed by atoms with Crippen LogP contribution < -0.4 is 5.32 Å². The van der Waals surface area contributed by atoms with Crippen LogP contribution in [0.5, 0.6) is 0 Å². The average Bonchev–Trinajstić information content (AvgIpc) is 2.24. The molecular weight excluding hydrogens is 184 g/mol. The van der Waals surface area contributed by atoms with Crippen molar-refractivity contribution in [3.8, 4) is 0 Å². The lowest BCUT2D eigenvalue weighted by Crippen LogP contribution is -2.43. The molecule has 1 aromatic rings. The van der Waals surface area contributed by atoms with E-state index in [9.17, 15) is 0 Å². The summed E-state index contributed by atoms with van der Waals surface area (Å²) >= 11 is 0. The fraction of sp³-hybridized carbons (Fsp3) is 0.538. The van der Waals surface area contributed by atoms with Crippen molar-refractivity contribution in [1.82, 2.24) is 4.90 Å². The summed E-state index contributed by atoms with van der Waals surface area (Å²) in [6.45, 7) is 4.73. The molecule has 1 saturated heterocycles. The molecule has 1 fully saturated rings. The lowest BCUT2D eigenvalue weighted by Gasteiger charge is -2.35. The summed E-state index contributed by atoms with van der Waals surface area (Å²) in [7, 11) is 2.20. The number of hydrogen-bond acceptors (Lipinski definition) is 2. The molecule has 0 spiro atoms. The fourth-order valence-electron chi connectivity index (χ4n) is 2.32. The van der Waals surface area contributed by atoms with Crippen LogP contribution in [0.15, 0.2) is 30.3 Å². The van der Waals surface area contributed by atoms with Gasteiger partial charge in [-0.05, 0) is 38.1 Å². The Hall–Kier alpha value is -1.02. The van der Waals surface area contributed by atoms with Crippen LogP contribution >= 0.6 is 0 Å². The summed E-state index contributed by atoms with van der Waals surface area (Å²) in [5.41, 5.74) is 1.25. The van der Waals surface area contributed by atoms with Gasteiger partial charge in [0.1, 0.15) is 0 Å². The predicted molar refractivity (Wildman–Crippen MR) is 65.1 cm³/mol. The van der Waals surface area contributed by atoms with Crippen molar-refractivity contribution in [1.29, 1.82) is 0 Å². The van der Waals surface area contributed by atoms with Crippen LogP contribution in [0.25, 0.3) is 0 Å². The van der Waals surface area contributed by atoms with Crippen LogP contribution in [0.2, 0.25) is 0 Å². The second-order valence-corrected chi connectivity index (χ2v) is 4.65. The maximum atomic E-state index is 3.62. The second-order valence-electron chi connectivity index (χ2n) is 4.65. The first-order chi connectivity index (χ1) is 7.25. The van der Waals surface area contributed by atoms with Gasteiger partial charge in [-0.25, -0.2) is 0 Å². The smallest absolute Gasteiger partial charge is 0.0342 e. The van der Waals surface area contributed by atoms with Gasteiger partial charge in [0, 0.05) is 18.3 Å². The van der Waals surface area contributed by atoms with Crippen LogP contribution in [-0.2, 0) is 0 Å². The van der Waals surface area contributed by atoms with Gasteiger partial charge >= 0.3 is 0 Å². The lowest BCUT2D eigenvalue weighted by molar-refractivity contribution is 0.206. The molecule has 0 radical (unpaired) electrons. The van der Waals surface area contributed by atoms with Crippen LogP contribution in [0, 0.1) is 5.92 Å². The number of benzene rings is 1. The molecule has 0 saturated carbocycles. The van der Waals surface area contributed by atoms with E-state index in [2.05, 4.69) is 54.5 Å². The summed E-state index contributed by atoms with van der Waals surface area (Å²) in [5.74, 6) is 0.726. The topological polar surface area (TPSA) is 15.3 Å². The highest BCUT2D eigenvalue weighted by molar-refractivity contribution is 5.43. The standard InChI is InChI=1S/C13H20N2/c1-11-10-15(2)9-8-13(11)14-12-6-4-3-5-7-12/h3-7,11,13-14H,8-10H2,1-2H3/t11-,13+/m1/s1. The zero-order valence-corrected chi connectivity index (χ0v) is 9.61. The van der Waals surface area contributed by atoms with E-state index in [0.717, 1.165) is 5.92 Å². The Balaban J connectivity index is 1.95. The largest absolute Gasteiger partial charge is 0.382 e. The zero-order chi connectivity index (χ0) is 10.7. The van der Waals surface area contributed by atoms with Crippen molar-refractivity contribution in [3.63, 3.8) is 0 Å². The maximum Gasteiger partial charge on any atom is 0.0342 e. The van der Waals surface area contributed by atoms with Crippen molar-refractivity contribution < 1.29 is 0 Å². The van der Waals surface area contributed by atoms with Crippen molar-refractivity contribution in [3.05, 3.63) is 30.3 Å². The molecule has 82 valence electrons. The minimum absolute atomic E-state index is 0.628. The summed E-state index contributed by atoms with van der Waals surface area (Å²) in [4.78, 5) is 2.41. The summed E-state index contributed by atoms with van der Waals surface area (Å²) < 4.78 is 0. The fourth-order valence-corrected chi connectivity index (χ4v) is 2.32. The van der Waals surface area contributed by atoms with Gasteiger partial charge in [-0.15, -0.1) is 0 Å². The molecule has 2 atom stereocenters. The Morgan fingerprint density at radius 1 is 1.27 bits per heavy atom. The van der Waals surface area contributed by atoms with Crippen LogP contribution in [0.1, 0.15) is 13.3 Å². The first-order valence-electron chi connectivity index (χ1n) is 5.76. The van der Waals surface area contributed by atoms with Gasteiger partial charge in [0.15, 0.2) is 0 Å². The highest BCUT2D eigenvalue weighted by Crippen LogP contribution is 2.19. The van der Waals surface area contributed by atoms with Gasteiger partial charge in [0.25, 0.3) is 0 Å². The van der Waals surface area contributed by atoms with E-state index in [0.29, 0.717) is 6.04 Å². The van der Waals surface area contributed by atoms with E-state index < -0.39 is 0 Å². The van der Waals surface area contributed by atoms with E-state index in [1.165, 1.54) is 25.2 Å². The molecule has 1 aliphatic heterocycles. The second kappa shape index (κ2) is 4.67. The van der Waals surface area contributed by atoms with Gasteiger partial charge in [0.2, 0.25) is 0 Å². The number of rotatable bonds is 2. The minimum atomic E-state index is 0.628. The number of anilines is 1. The van der Waals surface area contributed by atoms with Crippen molar-refractivity contribution in [2.24, 2.45) is 5.92 Å². The number of nitrogens with zero attached hydrogens (tertiary/aromatic N) is 1. The number of nitrogens with one attached hydrogen (secondary N) is 1. The summed E-state index contributed by atoms with van der Waals surface area (Å²) in [5, 5.41) is 3.62. The molecule has 0 aromatic heterocycles. The number of hydrogen-bond donors (Lipinski definition) is 1. The highest BCUT2D eigenvalue weighted by Gasteiger charge is 2.23. The quantitative estimate of drug-likeness (QED) is 0.796. The normalized spacial score (nSPS) is 27.6. The van der Waals surface area contributed by atoms with Crippen LogP contribution in [0.3, 0.4) is 0 Å². The Morgan fingerprint density at radius 2 is 2.00 bits per heavy atom. The third-order valence-corrected chi connectivity index (χ3v) is 3.23. The van der Waals surface area contributed by atoms with Gasteiger partial charge in [-0.2, -0.15) is 0 Å². The molecule has 1 aromatic carbocycles. The van der Waals surface area contributed by atoms with Gasteiger partial charge in [0.05, 0.1) is 0 Å². The third-order valence-electron chi connectivity index (χ3n) is 3.23. The van der Waals surface area contributed by atoms with E-state index in [1.807, 2.05) is 0 Å². The number of likely N-dealkylation sites (tertiary alicyclic amines) is 1. The van der Waals surface area contributed by atoms with Gasteiger partial charge in [-0.1, -0.05) is 25.1 Å². The Labute approximate surface area is 92.3 Å². The summed E-state index contributed by atoms with van der Waals surface area (Å²) in [6.07, 6.45) is 1.24. The summed E-state index contributed by atoms with van der Waals surface area (Å²) in [6, 6.07) is 11.1. The number of piperidine rings is 1. The van der Waals surface area contributed by atoms with E-state index >= 15 is 0 Å². The van der Waals surface area contributed by atoms with E-state index in [1.54, 1.807) is 0 Å². The molecule has 1 N–H and O–H groups in total. The van der Waals surface area contributed by atoms with Gasteiger partial charge < -0.3 is 10.2 Å². The van der Waals surface area contributed by atoms with Crippen molar-refractivity contribution in [2.75, 3.05) is 25.5 Å².